The van der Waals surface area contributed by atoms with Crippen LogP contribution in [0.2, 0.25) is 0 Å². The fraction of sp³-hybridized carbons (Fsp3) is 0.814. The number of hydrogen-bond donors (Lipinski definition) is 0. The zero-order valence-corrected chi connectivity index (χ0v) is 50.8. The molecule has 0 N–H and O–H groups in total. The predicted octanol–water partition coefficient (Wildman–Crippen LogP) is 22.7. The van der Waals surface area contributed by atoms with E-state index in [2.05, 4.69) is 81.5 Å². The summed E-state index contributed by atoms with van der Waals surface area (Å²) in [5.74, 6) is -0.867. The van der Waals surface area contributed by atoms with E-state index >= 15 is 0 Å². The molecule has 0 aliphatic rings. The van der Waals surface area contributed by atoms with Crippen LogP contribution in [-0.4, -0.2) is 37.2 Å². The molecule has 6 heteroatoms. The first kappa shape index (κ1) is 73.1. The molecule has 0 bridgehead atoms. The Labute approximate surface area is 472 Å². The molecule has 6 nitrogen and oxygen atoms in total. The van der Waals surface area contributed by atoms with Crippen LogP contribution in [0.15, 0.2) is 60.8 Å². The van der Waals surface area contributed by atoms with Crippen molar-refractivity contribution in [2.24, 2.45) is 0 Å². The summed E-state index contributed by atoms with van der Waals surface area (Å²) in [6.07, 6.45) is 82.5. The number of unbranched alkanes of at least 4 members (excludes halogenated alkanes) is 40. The Kier molecular flexibility index (Phi) is 62.2. The van der Waals surface area contributed by atoms with E-state index in [1.54, 1.807) is 0 Å². The molecule has 0 aromatic rings. The Morgan fingerprint density at radius 3 is 0.868 bits per heavy atom. The summed E-state index contributed by atoms with van der Waals surface area (Å²) in [6.45, 7) is 6.51. The van der Waals surface area contributed by atoms with Crippen molar-refractivity contribution in [2.75, 3.05) is 13.2 Å². The molecule has 0 rings (SSSR count). The first-order valence-electron chi connectivity index (χ1n) is 33.3. The minimum atomic E-state index is -0.776. The van der Waals surface area contributed by atoms with E-state index in [1.807, 2.05) is 0 Å². The number of carbonyl (C=O) groups excluding carboxylic acids is 3. The van der Waals surface area contributed by atoms with Crippen molar-refractivity contribution in [1.82, 2.24) is 0 Å². The summed E-state index contributed by atoms with van der Waals surface area (Å²) in [5.41, 5.74) is 0. The topological polar surface area (TPSA) is 78.9 Å². The standard InChI is InChI=1S/C70H126O6/c1-4-7-10-13-16-19-22-24-26-28-30-32-34-35-37-38-40-42-44-46-48-51-54-57-60-63-69(72)75-66-67(65-74-68(71)62-59-56-53-50-21-18-15-12-9-6-3)76-70(73)64-61-58-55-52-49-47-45-43-41-39-36-33-31-29-27-25-23-20-17-14-11-8-5-2/h7,10,12,15-16,19,24,26,30,32,67H,4-6,8-9,11,13-14,17-18,20-23,25,27-29,31,33-66H2,1-3H3/b10-7-,15-12-,19-16-,26-24-,32-30-. The third kappa shape index (κ3) is 62.0. The van der Waals surface area contributed by atoms with Gasteiger partial charge in [-0.2, -0.15) is 0 Å². The molecule has 1 unspecified atom stereocenters. The van der Waals surface area contributed by atoms with Gasteiger partial charge in [0.25, 0.3) is 0 Å². The van der Waals surface area contributed by atoms with Gasteiger partial charge in [-0.15, -0.1) is 0 Å². The third-order valence-electron chi connectivity index (χ3n) is 14.7. The van der Waals surface area contributed by atoms with Crippen molar-refractivity contribution in [3.63, 3.8) is 0 Å². The summed E-state index contributed by atoms with van der Waals surface area (Å²) >= 11 is 0. The Bertz CT molecular complexity index is 1360. The minimum absolute atomic E-state index is 0.0742. The zero-order chi connectivity index (χ0) is 55.0. The molecule has 0 aromatic heterocycles. The lowest BCUT2D eigenvalue weighted by molar-refractivity contribution is -0.167. The molecule has 442 valence electrons. The van der Waals surface area contributed by atoms with Gasteiger partial charge in [0, 0.05) is 19.3 Å². The second kappa shape index (κ2) is 64.6. The molecule has 1 atom stereocenters. The fourth-order valence-corrected chi connectivity index (χ4v) is 9.79. The van der Waals surface area contributed by atoms with Gasteiger partial charge in [0.15, 0.2) is 6.10 Å². The molecule has 0 aliphatic carbocycles. The quantitative estimate of drug-likeness (QED) is 0.0261. The smallest absolute Gasteiger partial charge is 0.306 e. The molecule has 0 radical (unpaired) electrons. The number of esters is 3. The number of ether oxygens (including phenoxy) is 3. The maximum atomic E-state index is 12.9. The summed E-state index contributed by atoms with van der Waals surface area (Å²) in [6, 6.07) is 0. The number of allylic oxidation sites excluding steroid dienone is 10. The van der Waals surface area contributed by atoms with E-state index in [0.717, 1.165) is 96.3 Å². The Morgan fingerprint density at radius 1 is 0.276 bits per heavy atom. The van der Waals surface area contributed by atoms with Gasteiger partial charge in [-0.05, 0) is 77.0 Å². The average molecular weight is 1060 g/mol. The van der Waals surface area contributed by atoms with E-state index in [1.165, 1.54) is 212 Å². The fourth-order valence-electron chi connectivity index (χ4n) is 9.79. The summed E-state index contributed by atoms with van der Waals surface area (Å²) in [5, 5.41) is 0. The van der Waals surface area contributed by atoms with Crippen molar-refractivity contribution in [3.8, 4) is 0 Å². The molecule has 0 amide bonds. The minimum Gasteiger partial charge on any atom is -0.462 e. The lowest BCUT2D eigenvalue weighted by Gasteiger charge is -2.18. The van der Waals surface area contributed by atoms with Crippen molar-refractivity contribution in [2.45, 2.75) is 354 Å². The van der Waals surface area contributed by atoms with Crippen LogP contribution in [0, 0.1) is 0 Å². The lowest BCUT2D eigenvalue weighted by atomic mass is 10.0. The van der Waals surface area contributed by atoms with Gasteiger partial charge in [-0.1, -0.05) is 313 Å². The van der Waals surface area contributed by atoms with E-state index in [9.17, 15) is 14.4 Å². The summed E-state index contributed by atoms with van der Waals surface area (Å²) < 4.78 is 16.9. The molecule has 0 aliphatic heterocycles. The maximum absolute atomic E-state index is 12.9. The molecule has 0 heterocycles. The van der Waals surface area contributed by atoms with Crippen molar-refractivity contribution < 1.29 is 28.6 Å². The predicted molar refractivity (Wildman–Crippen MR) is 330 cm³/mol. The summed E-state index contributed by atoms with van der Waals surface area (Å²) in [7, 11) is 0. The van der Waals surface area contributed by atoms with Crippen molar-refractivity contribution >= 4 is 17.9 Å². The van der Waals surface area contributed by atoms with E-state index in [4.69, 9.17) is 14.2 Å². The van der Waals surface area contributed by atoms with Crippen LogP contribution in [0.4, 0.5) is 0 Å². The van der Waals surface area contributed by atoms with Crippen LogP contribution >= 0.6 is 0 Å². The second-order valence-corrected chi connectivity index (χ2v) is 22.4. The van der Waals surface area contributed by atoms with Crippen LogP contribution in [0.5, 0.6) is 0 Å². The third-order valence-corrected chi connectivity index (χ3v) is 14.7. The van der Waals surface area contributed by atoms with Crippen LogP contribution in [0.25, 0.3) is 0 Å². The number of carbonyl (C=O) groups is 3. The second-order valence-electron chi connectivity index (χ2n) is 22.4. The highest BCUT2D eigenvalue weighted by atomic mass is 16.6. The van der Waals surface area contributed by atoms with Gasteiger partial charge < -0.3 is 14.2 Å². The molecule has 0 fully saturated rings. The zero-order valence-electron chi connectivity index (χ0n) is 50.8. The first-order valence-corrected chi connectivity index (χ1v) is 33.3. The molecule has 0 spiro atoms. The van der Waals surface area contributed by atoms with Crippen molar-refractivity contribution in [1.29, 1.82) is 0 Å². The highest BCUT2D eigenvalue weighted by Gasteiger charge is 2.19. The van der Waals surface area contributed by atoms with Crippen LogP contribution in [0.1, 0.15) is 348 Å². The summed E-state index contributed by atoms with van der Waals surface area (Å²) in [4.78, 5) is 38.3. The Morgan fingerprint density at radius 2 is 0.539 bits per heavy atom. The maximum Gasteiger partial charge on any atom is 0.306 e. The van der Waals surface area contributed by atoms with Crippen LogP contribution < -0.4 is 0 Å². The van der Waals surface area contributed by atoms with Gasteiger partial charge in [0.1, 0.15) is 13.2 Å². The van der Waals surface area contributed by atoms with Gasteiger partial charge in [0.2, 0.25) is 0 Å². The molecule has 0 aromatic carbocycles. The van der Waals surface area contributed by atoms with E-state index in [-0.39, 0.29) is 31.1 Å². The molecule has 76 heavy (non-hydrogen) atoms. The Balaban J connectivity index is 4.19. The monoisotopic (exact) mass is 1060 g/mol. The number of rotatable bonds is 61. The molecular formula is C70H126O6. The molecule has 0 saturated heterocycles. The number of hydrogen-bond acceptors (Lipinski definition) is 6. The molecule has 0 saturated carbocycles. The highest BCUT2D eigenvalue weighted by Crippen LogP contribution is 2.18. The van der Waals surface area contributed by atoms with Gasteiger partial charge in [-0.25, -0.2) is 0 Å². The SMILES string of the molecule is CC/C=C\C/C=C\C/C=C\C/C=C\CCCCCCCCCCCCCCC(=O)OCC(COC(=O)CCCCCCC/C=C\CCC)OC(=O)CCCCCCCCCCCCCCCCCCCCCCCCC. The van der Waals surface area contributed by atoms with E-state index < -0.39 is 6.10 Å². The van der Waals surface area contributed by atoms with Gasteiger partial charge in [0.05, 0.1) is 0 Å². The van der Waals surface area contributed by atoms with Crippen LogP contribution in [0.3, 0.4) is 0 Å². The normalized spacial score (nSPS) is 12.4. The lowest BCUT2D eigenvalue weighted by Crippen LogP contribution is -2.30. The first-order chi connectivity index (χ1) is 37.5. The highest BCUT2D eigenvalue weighted by molar-refractivity contribution is 5.71. The van der Waals surface area contributed by atoms with E-state index in [0.29, 0.717) is 19.3 Å². The van der Waals surface area contributed by atoms with Gasteiger partial charge >= 0.3 is 17.9 Å². The Hall–Kier alpha value is -2.89. The largest absolute Gasteiger partial charge is 0.462 e. The van der Waals surface area contributed by atoms with Crippen molar-refractivity contribution in [3.05, 3.63) is 60.8 Å². The van der Waals surface area contributed by atoms with Gasteiger partial charge in [-0.3, -0.25) is 14.4 Å². The molecular weight excluding hydrogens is 937 g/mol. The average Bonchev–Trinajstić information content (AvgIpc) is 3.42. The van der Waals surface area contributed by atoms with Crippen LogP contribution in [-0.2, 0) is 28.6 Å².